The normalized spacial score (nSPS) is 22.1. The van der Waals surface area contributed by atoms with Gasteiger partial charge in [-0.15, -0.1) is 11.8 Å². The summed E-state index contributed by atoms with van der Waals surface area (Å²) >= 11 is 1.68. The number of anilines is 1. The molecule has 1 heterocycles. The van der Waals surface area contributed by atoms with E-state index in [9.17, 15) is 5.11 Å². The average molecular weight is 167 g/mol. The Bertz CT molecular complexity index is 264. The predicted molar refractivity (Wildman–Crippen MR) is 46.8 cm³/mol. The van der Waals surface area contributed by atoms with Crippen LogP contribution in [-0.4, -0.2) is 17.1 Å². The Morgan fingerprint density at radius 3 is 3.18 bits per heavy atom. The van der Waals surface area contributed by atoms with Crippen molar-refractivity contribution in [2.24, 2.45) is 0 Å². The van der Waals surface area contributed by atoms with Crippen LogP contribution in [0.25, 0.3) is 0 Å². The Balaban J connectivity index is 2.34. The van der Waals surface area contributed by atoms with Gasteiger partial charge in [0.1, 0.15) is 6.23 Å². The largest absolute Gasteiger partial charge is 0.373 e. The van der Waals surface area contributed by atoms with Crippen LogP contribution in [0, 0.1) is 0 Å². The molecule has 11 heavy (non-hydrogen) atoms. The highest BCUT2D eigenvalue weighted by Gasteiger charge is 2.13. The van der Waals surface area contributed by atoms with Crippen molar-refractivity contribution in [1.29, 1.82) is 0 Å². The van der Waals surface area contributed by atoms with Gasteiger partial charge in [0.25, 0.3) is 0 Å². The van der Waals surface area contributed by atoms with Crippen molar-refractivity contribution < 1.29 is 5.11 Å². The summed E-state index contributed by atoms with van der Waals surface area (Å²) in [6.45, 7) is 0. The number of aliphatic hydroxyl groups excluding tert-OH is 1. The molecule has 0 bridgehead atoms. The number of hydrogen-bond donors (Lipinski definition) is 2. The van der Waals surface area contributed by atoms with Gasteiger partial charge in [-0.3, -0.25) is 0 Å². The number of hydrogen-bond acceptors (Lipinski definition) is 3. The van der Waals surface area contributed by atoms with Gasteiger partial charge in [-0.2, -0.15) is 0 Å². The van der Waals surface area contributed by atoms with Crippen molar-refractivity contribution in [2.45, 2.75) is 11.1 Å². The third-order valence-corrected chi connectivity index (χ3v) is 2.76. The molecule has 1 aliphatic heterocycles. The van der Waals surface area contributed by atoms with E-state index in [0.717, 1.165) is 11.4 Å². The molecule has 2 N–H and O–H groups in total. The topological polar surface area (TPSA) is 32.3 Å². The van der Waals surface area contributed by atoms with Crippen molar-refractivity contribution in [3.05, 3.63) is 24.3 Å². The quantitative estimate of drug-likeness (QED) is 0.614. The summed E-state index contributed by atoms with van der Waals surface area (Å²) in [4.78, 5) is 1.22. The lowest BCUT2D eigenvalue weighted by Crippen LogP contribution is -2.24. The molecule has 1 aromatic carbocycles. The van der Waals surface area contributed by atoms with Crippen LogP contribution in [0.15, 0.2) is 29.2 Å². The number of fused-ring (bicyclic) bond motifs is 1. The van der Waals surface area contributed by atoms with E-state index in [2.05, 4.69) is 11.4 Å². The molecule has 2 nitrogen and oxygen atoms in total. The Labute approximate surface area is 69.6 Å². The van der Waals surface area contributed by atoms with Gasteiger partial charge >= 0.3 is 0 Å². The van der Waals surface area contributed by atoms with E-state index in [1.54, 1.807) is 11.8 Å². The van der Waals surface area contributed by atoms with Gasteiger partial charge in [0.2, 0.25) is 0 Å². The Morgan fingerprint density at radius 1 is 1.45 bits per heavy atom. The average Bonchev–Trinajstić information content (AvgIpc) is 2.04. The smallest absolute Gasteiger partial charge is 0.134 e. The molecular formula is C8H9NOS. The van der Waals surface area contributed by atoms with Crippen LogP contribution in [0.1, 0.15) is 0 Å². The first-order valence-electron chi connectivity index (χ1n) is 3.53. The monoisotopic (exact) mass is 167 g/mol. The maximum Gasteiger partial charge on any atom is 0.134 e. The summed E-state index contributed by atoms with van der Waals surface area (Å²) in [5, 5.41) is 12.2. The van der Waals surface area contributed by atoms with E-state index in [4.69, 9.17) is 0 Å². The zero-order valence-corrected chi connectivity index (χ0v) is 6.77. The van der Waals surface area contributed by atoms with Gasteiger partial charge in [0.05, 0.1) is 0 Å². The highest BCUT2D eigenvalue weighted by molar-refractivity contribution is 7.99. The molecule has 0 fully saturated rings. The van der Waals surface area contributed by atoms with Crippen LogP contribution in [0.4, 0.5) is 5.69 Å². The molecule has 1 aliphatic rings. The first-order valence-corrected chi connectivity index (χ1v) is 4.51. The molecule has 58 valence electrons. The summed E-state index contributed by atoms with van der Waals surface area (Å²) in [6.07, 6.45) is -0.394. The molecule has 1 atom stereocenters. The zero-order chi connectivity index (χ0) is 7.68. The number of benzene rings is 1. The van der Waals surface area contributed by atoms with E-state index in [-0.39, 0.29) is 0 Å². The van der Waals surface area contributed by atoms with Crippen LogP contribution in [0.3, 0.4) is 0 Å². The maximum atomic E-state index is 9.22. The van der Waals surface area contributed by atoms with Crippen molar-refractivity contribution in [1.82, 2.24) is 0 Å². The molecule has 0 spiro atoms. The van der Waals surface area contributed by atoms with E-state index >= 15 is 0 Å². The second-order valence-electron chi connectivity index (χ2n) is 2.47. The Morgan fingerprint density at radius 2 is 2.27 bits per heavy atom. The molecule has 0 aliphatic carbocycles. The molecular weight excluding hydrogens is 158 g/mol. The van der Waals surface area contributed by atoms with Gasteiger partial charge in [0.15, 0.2) is 0 Å². The number of rotatable bonds is 0. The van der Waals surface area contributed by atoms with Crippen LogP contribution >= 0.6 is 11.8 Å². The molecule has 1 aromatic rings. The van der Waals surface area contributed by atoms with E-state index in [1.165, 1.54) is 4.90 Å². The van der Waals surface area contributed by atoms with Gasteiger partial charge in [0, 0.05) is 16.3 Å². The zero-order valence-electron chi connectivity index (χ0n) is 5.95. The summed E-state index contributed by atoms with van der Waals surface area (Å²) in [6, 6.07) is 8.00. The first kappa shape index (κ1) is 7.00. The second-order valence-corrected chi connectivity index (χ2v) is 3.53. The van der Waals surface area contributed by atoms with Gasteiger partial charge in [-0.25, -0.2) is 0 Å². The third kappa shape index (κ3) is 1.34. The number of aliphatic hydroxyl groups is 1. The Hall–Kier alpha value is -0.670. The fraction of sp³-hybridized carbons (Fsp3) is 0.250. The van der Waals surface area contributed by atoms with Gasteiger partial charge in [-0.1, -0.05) is 12.1 Å². The standard InChI is InChI=1S/C8H9NOS/c10-8-5-11-7-4-2-1-3-6(7)9-8/h1-4,8-10H,5H2. The molecule has 0 amide bonds. The van der Waals surface area contributed by atoms with E-state index < -0.39 is 6.23 Å². The SMILES string of the molecule is OC1CSc2ccccc2N1. The molecule has 0 saturated heterocycles. The minimum atomic E-state index is -0.394. The molecule has 2 rings (SSSR count). The van der Waals surface area contributed by atoms with Crippen LogP contribution in [-0.2, 0) is 0 Å². The van der Waals surface area contributed by atoms with Crippen LogP contribution < -0.4 is 5.32 Å². The second kappa shape index (κ2) is 2.75. The lowest BCUT2D eigenvalue weighted by atomic mass is 10.3. The highest BCUT2D eigenvalue weighted by Crippen LogP contribution is 2.31. The number of nitrogens with one attached hydrogen (secondary N) is 1. The minimum Gasteiger partial charge on any atom is -0.373 e. The van der Waals surface area contributed by atoms with Gasteiger partial charge in [-0.05, 0) is 12.1 Å². The lowest BCUT2D eigenvalue weighted by Gasteiger charge is -2.21. The van der Waals surface area contributed by atoms with E-state index in [0.29, 0.717) is 0 Å². The number of thioether (sulfide) groups is 1. The maximum absolute atomic E-state index is 9.22. The minimum absolute atomic E-state index is 0.394. The van der Waals surface area contributed by atoms with Crippen LogP contribution in [0.2, 0.25) is 0 Å². The summed E-state index contributed by atoms with van der Waals surface area (Å²) in [5.74, 6) is 0.733. The third-order valence-electron chi connectivity index (χ3n) is 1.61. The molecule has 0 saturated carbocycles. The highest BCUT2D eigenvalue weighted by atomic mass is 32.2. The van der Waals surface area contributed by atoms with Crippen molar-refractivity contribution in [3.8, 4) is 0 Å². The fourth-order valence-corrected chi connectivity index (χ4v) is 1.98. The van der Waals surface area contributed by atoms with Crippen molar-refractivity contribution in [2.75, 3.05) is 11.1 Å². The summed E-state index contributed by atoms with van der Waals surface area (Å²) < 4.78 is 0. The lowest BCUT2D eigenvalue weighted by molar-refractivity contribution is 0.227. The molecule has 0 aromatic heterocycles. The summed E-state index contributed by atoms with van der Waals surface area (Å²) in [7, 11) is 0. The fourth-order valence-electron chi connectivity index (χ4n) is 1.10. The van der Waals surface area contributed by atoms with Crippen molar-refractivity contribution >= 4 is 17.4 Å². The molecule has 3 heteroatoms. The Kier molecular flexibility index (Phi) is 1.75. The molecule has 1 unspecified atom stereocenters. The first-order chi connectivity index (χ1) is 5.36. The van der Waals surface area contributed by atoms with Gasteiger partial charge < -0.3 is 10.4 Å². The van der Waals surface area contributed by atoms with Crippen molar-refractivity contribution in [3.63, 3.8) is 0 Å². The predicted octanol–water partition coefficient (Wildman–Crippen LogP) is 1.52. The van der Waals surface area contributed by atoms with E-state index in [1.807, 2.05) is 18.2 Å². The number of para-hydroxylation sites is 1. The summed E-state index contributed by atoms with van der Waals surface area (Å²) in [5.41, 5.74) is 1.04. The molecule has 0 radical (unpaired) electrons. The van der Waals surface area contributed by atoms with Crippen LogP contribution in [0.5, 0.6) is 0 Å².